The third-order valence-electron chi connectivity index (χ3n) is 3.63. The molecule has 2 aromatic heterocycles. The molecule has 0 bridgehead atoms. The zero-order valence-electron chi connectivity index (χ0n) is 12.2. The maximum atomic E-state index is 12.6. The second kappa shape index (κ2) is 5.10. The van der Waals surface area contributed by atoms with E-state index in [-0.39, 0.29) is 11.0 Å². The summed E-state index contributed by atoms with van der Waals surface area (Å²) in [5.41, 5.74) is -0.577. The molecule has 2 heterocycles. The summed E-state index contributed by atoms with van der Waals surface area (Å²) >= 11 is 0. The van der Waals surface area contributed by atoms with E-state index in [4.69, 9.17) is 0 Å². The number of aryl methyl sites for hydroxylation is 1. The molecule has 0 aliphatic heterocycles. The summed E-state index contributed by atoms with van der Waals surface area (Å²) in [6, 6.07) is 9.42. The second-order valence-electron chi connectivity index (χ2n) is 5.07. The number of benzene rings is 1. The number of hydrogen-bond donors (Lipinski definition) is 0. The van der Waals surface area contributed by atoms with Crippen molar-refractivity contribution in [3.63, 3.8) is 0 Å². The predicted octanol–water partition coefficient (Wildman–Crippen LogP) is -0.158. The molecule has 0 atom stereocenters. The fraction of sp³-hybridized carbons (Fsp3) is 0.200. The first kappa shape index (κ1) is 14.0. The summed E-state index contributed by atoms with van der Waals surface area (Å²) < 4.78 is 3.49. The Morgan fingerprint density at radius 3 is 2.32 bits per heavy atom. The minimum absolute atomic E-state index is 0.00101. The minimum Gasteiger partial charge on any atom is -0.293 e. The average molecular weight is 298 g/mol. The van der Waals surface area contributed by atoms with Gasteiger partial charge in [0.15, 0.2) is 5.52 Å². The fourth-order valence-corrected chi connectivity index (χ4v) is 2.40. The van der Waals surface area contributed by atoms with Gasteiger partial charge in [-0.05, 0) is 5.56 Å². The Morgan fingerprint density at radius 2 is 1.64 bits per heavy atom. The van der Waals surface area contributed by atoms with Crippen molar-refractivity contribution >= 4 is 11.0 Å². The van der Waals surface area contributed by atoms with Crippen LogP contribution in [0.15, 0.2) is 51.0 Å². The number of aromatic nitrogens is 4. The average Bonchev–Trinajstić information content (AvgIpc) is 2.53. The lowest BCUT2D eigenvalue weighted by Gasteiger charge is -2.09. The van der Waals surface area contributed by atoms with Gasteiger partial charge in [0.1, 0.15) is 5.52 Å². The number of fused-ring (bicyclic) bond motifs is 1. The first-order valence-corrected chi connectivity index (χ1v) is 6.70. The van der Waals surface area contributed by atoms with Crippen molar-refractivity contribution in [2.75, 3.05) is 0 Å². The molecular formula is C15H14N4O3. The first-order chi connectivity index (χ1) is 10.5. The Bertz CT molecular complexity index is 1030. The van der Waals surface area contributed by atoms with Gasteiger partial charge >= 0.3 is 5.69 Å². The number of hydrogen-bond acceptors (Lipinski definition) is 4. The predicted molar refractivity (Wildman–Crippen MR) is 82.0 cm³/mol. The van der Waals surface area contributed by atoms with Crippen LogP contribution in [0, 0.1) is 0 Å². The van der Waals surface area contributed by atoms with Crippen molar-refractivity contribution < 1.29 is 0 Å². The highest BCUT2D eigenvalue weighted by Gasteiger charge is 2.14. The summed E-state index contributed by atoms with van der Waals surface area (Å²) in [5.74, 6) is 0. The van der Waals surface area contributed by atoms with Crippen molar-refractivity contribution in [3.8, 4) is 0 Å². The minimum atomic E-state index is -0.568. The van der Waals surface area contributed by atoms with Crippen LogP contribution >= 0.6 is 0 Å². The standard InChI is InChI=1S/C15H14N4O3/c1-17-12-11(13(20)18(2)15(17)22)16-9-19(14(12)21)8-10-6-4-3-5-7-10/h3-7,9H,8H2,1-2H3. The van der Waals surface area contributed by atoms with Crippen molar-refractivity contribution in [2.24, 2.45) is 14.1 Å². The van der Waals surface area contributed by atoms with E-state index in [9.17, 15) is 14.4 Å². The topological polar surface area (TPSA) is 78.9 Å². The molecule has 1 aromatic carbocycles. The molecule has 0 saturated carbocycles. The highest BCUT2D eigenvalue weighted by atomic mass is 16.2. The largest absolute Gasteiger partial charge is 0.331 e. The molecule has 7 nitrogen and oxygen atoms in total. The monoisotopic (exact) mass is 298 g/mol. The van der Waals surface area contributed by atoms with E-state index in [1.807, 2.05) is 30.3 Å². The quantitative estimate of drug-likeness (QED) is 0.658. The summed E-state index contributed by atoms with van der Waals surface area (Å²) in [6.07, 6.45) is 1.34. The maximum absolute atomic E-state index is 12.6. The molecular weight excluding hydrogens is 284 g/mol. The van der Waals surface area contributed by atoms with Crippen molar-refractivity contribution in [1.82, 2.24) is 18.7 Å². The van der Waals surface area contributed by atoms with Gasteiger partial charge in [-0.25, -0.2) is 9.78 Å². The van der Waals surface area contributed by atoms with E-state index in [2.05, 4.69) is 4.98 Å². The van der Waals surface area contributed by atoms with Crippen LogP contribution in [0.1, 0.15) is 5.56 Å². The highest BCUT2D eigenvalue weighted by Crippen LogP contribution is 2.02. The van der Waals surface area contributed by atoms with Crippen LogP contribution in [-0.2, 0) is 20.6 Å². The van der Waals surface area contributed by atoms with Crippen LogP contribution in [0.2, 0.25) is 0 Å². The zero-order valence-corrected chi connectivity index (χ0v) is 12.2. The molecule has 0 N–H and O–H groups in total. The lowest BCUT2D eigenvalue weighted by molar-refractivity contribution is 0.686. The van der Waals surface area contributed by atoms with E-state index >= 15 is 0 Å². The van der Waals surface area contributed by atoms with Crippen LogP contribution in [-0.4, -0.2) is 18.7 Å². The van der Waals surface area contributed by atoms with Gasteiger partial charge in [0.25, 0.3) is 11.1 Å². The summed E-state index contributed by atoms with van der Waals surface area (Å²) in [7, 11) is 2.82. The third kappa shape index (κ3) is 2.07. The molecule has 22 heavy (non-hydrogen) atoms. The molecule has 0 aliphatic carbocycles. The van der Waals surface area contributed by atoms with E-state index in [1.54, 1.807) is 0 Å². The van der Waals surface area contributed by atoms with Gasteiger partial charge < -0.3 is 0 Å². The van der Waals surface area contributed by atoms with Crippen molar-refractivity contribution in [2.45, 2.75) is 6.54 Å². The smallest absolute Gasteiger partial charge is 0.293 e. The Labute approximate surface area is 124 Å². The molecule has 3 rings (SSSR count). The van der Waals surface area contributed by atoms with Gasteiger partial charge in [-0.1, -0.05) is 30.3 Å². The van der Waals surface area contributed by atoms with Gasteiger partial charge in [0.2, 0.25) is 0 Å². The fourth-order valence-electron chi connectivity index (χ4n) is 2.40. The SMILES string of the molecule is Cn1c(=O)c2ncn(Cc3ccccc3)c(=O)c2n(C)c1=O. The third-order valence-corrected chi connectivity index (χ3v) is 3.63. The Balaban J connectivity index is 2.29. The number of rotatable bonds is 2. The van der Waals surface area contributed by atoms with Crippen molar-refractivity contribution in [1.29, 1.82) is 0 Å². The van der Waals surface area contributed by atoms with Crippen LogP contribution in [0.3, 0.4) is 0 Å². The van der Waals surface area contributed by atoms with Gasteiger partial charge in [-0.15, -0.1) is 0 Å². The Kier molecular flexibility index (Phi) is 3.25. The molecule has 0 amide bonds. The maximum Gasteiger partial charge on any atom is 0.331 e. The normalized spacial score (nSPS) is 11.0. The van der Waals surface area contributed by atoms with Gasteiger partial charge in [-0.2, -0.15) is 0 Å². The van der Waals surface area contributed by atoms with Crippen molar-refractivity contribution in [3.05, 3.63) is 73.4 Å². The zero-order chi connectivity index (χ0) is 15.9. The van der Waals surface area contributed by atoms with Crippen LogP contribution in [0.4, 0.5) is 0 Å². The van der Waals surface area contributed by atoms with Crippen LogP contribution in [0.25, 0.3) is 11.0 Å². The molecule has 0 saturated heterocycles. The molecule has 3 aromatic rings. The summed E-state index contributed by atoms with van der Waals surface area (Å²) in [6.45, 7) is 0.325. The Hall–Kier alpha value is -2.96. The molecule has 112 valence electrons. The molecule has 0 spiro atoms. The highest BCUT2D eigenvalue weighted by molar-refractivity contribution is 5.71. The summed E-state index contributed by atoms with van der Waals surface area (Å²) in [5, 5.41) is 0. The van der Waals surface area contributed by atoms with Crippen LogP contribution < -0.4 is 16.8 Å². The van der Waals surface area contributed by atoms with Crippen LogP contribution in [0.5, 0.6) is 0 Å². The molecule has 0 unspecified atom stereocenters. The van der Waals surface area contributed by atoms with Gasteiger partial charge in [0, 0.05) is 14.1 Å². The molecule has 0 fully saturated rings. The van der Waals surface area contributed by atoms with Gasteiger partial charge in [-0.3, -0.25) is 23.3 Å². The number of nitrogens with zero attached hydrogens (tertiary/aromatic N) is 4. The van der Waals surface area contributed by atoms with Gasteiger partial charge in [0.05, 0.1) is 12.9 Å². The van der Waals surface area contributed by atoms with E-state index < -0.39 is 16.8 Å². The Morgan fingerprint density at radius 1 is 0.955 bits per heavy atom. The lowest BCUT2D eigenvalue weighted by Crippen LogP contribution is -2.40. The molecule has 7 heteroatoms. The second-order valence-corrected chi connectivity index (χ2v) is 5.07. The summed E-state index contributed by atoms with van der Waals surface area (Å²) in [4.78, 5) is 40.7. The molecule has 0 radical (unpaired) electrons. The first-order valence-electron chi connectivity index (χ1n) is 6.70. The van der Waals surface area contributed by atoms with E-state index in [1.165, 1.54) is 25.0 Å². The van der Waals surface area contributed by atoms with E-state index in [0.29, 0.717) is 6.54 Å². The lowest BCUT2D eigenvalue weighted by atomic mass is 10.2. The molecule has 0 aliphatic rings. The van der Waals surface area contributed by atoms with E-state index in [0.717, 1.165) is 14.7 Å².